The number of piperidine rings is 1. The molecule has 1 saturated heterocycles. The van der Waals surface area contributed by atoms with Crippen LogP contribution in [0.15, 0.2) is 42.5 Å². The van der Waals surface area contributed by atoms with Crippen LogP contribution in [0.3, 0.4) is 0 Å². The van der Waals surface area contributed by atoms with Crippen LogP contribution in [0.25, 0.3) is 11.3 Å². The van der Waals surface area contributed by atoms with E-state index >= 15 is 0 Å². The van der Waals surface area contributed by atoms with Gasteiger partial charge in [-0.3, -0.25) is 4.79 Å². The van der Waals surface area contributed by atoms with E-state index in [2.05, 4.69) is 88.9 Å². The molecule has 5 heteroatoms. The maximum absolute atomic E-state index is 14.1. The standard InChI is InChI=1S/C33H41N3O2/c1-20(2)25-12-11-21(3)29(18-25)36-16-14-28-27(33(36)37)19-30(35-15-13-26(38-7)17-24(35)6)32(34-28)31-22(4)9-8-10-23(31)5/h8-12,18-20,24,26H,13-17H2,1-7H3/t24-,26-/m1/s1. The van der Waals surface area contributed by atoms with E-state index in [1.165, 1.54) is 22.3 Å². The van der Waals surface area contributed by atoms with Crippen LogP contribution >= 0.6 is 0 Å². The first kappa shape index (κ1) is 26.4. The molecule has 5 nitrogen and oxygen atoms in total. The van der Waals surface area contributed by atoms with Crippen molar-refractivity contribution in [2.45, 2.75) is 78.9 Å². The van der Waals surface area contributed by atoms with Gasteiger partial charge in [0.1, 0.15) is 0 Å². The Kier molecular flexibility index (Phi) is 7.32. The normalized spacial score (nSPS) is 19.7. The van der Waals surface area contributed by atoms with E-state index in [1.807, 2.05) is 4.90 Å². The Labute approximate surface area is 227 Å². The molecule has 0 unspecified atom stereocenters. The van der Waals surface area contributed by atoms with E-state index in [0.717, 1.165) is 59.7 Å². The summed E-state index contributed by atoms with van der Waals surface area (Å²) in [7, 11) is 1.80. The largest absolute Gasteiger partial charge is 0.381 e. The Morgan fingerprint density at radius 1 is 0.974 bits per heavy atom. The van der Waals surface area contributed by atoms with Crippen LogP contribution in [-0.2, 0) is 11.2 Å². The average Bonchev–Trinajstić information content (AvgIpc) is 2.89. The quantitative estimate of drug-likeness (QED) is 0.370. The number of benzene rings is 2. The van der Waals surface area contributed by atoms with E-state index < -0.39 is 0 Å². The Bertz CT molecular complexity index is 1340. The number of fused-ring (bicyclic) bond motifs is 1. The monoisotopic (exact) mass is 511 g/mol. The first-order chi connectivity index (χ1) is 18.2. The fraction of sp³-hybridized carbons (Fsp3) is 0.455. The van der Waals surface area contributed by atoms with Crippen LogP contribution in [-0.4, -0.2) is 43.2 Å². The van der Waals surface area contributed by atoms with Gasteiger partial charge in [-0.1, -0.05) is 44.2 Å². The average molecular weight is 512 g/mol. The highest BCUT2D eigenvalue weighted by molar-refractivity contribution is 6.09. The van der Waals surface area contributed by atoms with E-state index in [0.29, 0.717) is 12.5 Å². The zero-order chi connectivity index (χ0) is 27.1. The minimum absolute atomic E-state index is 0.0523. The Balaban J connectivity index is 1.63. The van der Waals surface area contributed by atoms with Crippen LogP contribution in [0.1, 0.15) is 77.8 Å². The maximum Gasteiger partial charge on any atom is 0.260 e. The second-order valence-electron chi connectivity index (χ2n) is 11.4. The Morgan fingerprint density at radius 3 is 2.37 bits per heavy atom. The van der Waals surface area contributed by atoms with Crippen molar-refractivity contribution < 1.29 is 9.53 Å². The van der Waals surface area contributed by atoms with Crippen LogP contribution < -0.4 is 9.80 Å². The Hall–Kier alpha value is -3.18. The van der Waals surface area contributed by atoms with E-state index in [-0.39, 0.29) is 18.1 Å². The number of pyridine rings is 1. The van der Waals surface area contributed by atoms with Gasteiger partial charge >= 0.3 is 0 Å². The molecule has 2 aromatic carbocycles. The predicted octanol–water partition coefficient (Wildman–Crippen LogP) is 7.00. The van der Waals surface area contributed by atoms with Crippen molar-refractivity contribution in [3.05, 3.63) is 76.0 Å². The third-order valence-corrected chi connectivity index (χ3v) is 8.51. The van der Waals surface area contributed by atoms with Gasteiger partial charge in [-0.25, -0.2) is 4.98 Å². The second kappa shape index (κ2) is 10.5. The van der Waals surface area contributed by atoms with E-state index in [1.54, 1.807) is 7.11 Å². The molecule has 5 rings (SSSR count). The van der Waals surface area contributed by atoms with Gasteiger partial charge in [0.05, 0.1) is 28.7 Å². The molecular weight excluding hydrogens is 470 g/mol. The number of nitrogens with zero attached hydrogens (tertiary/aromatic N) is 3. The molecule has 1 aromatic heterocycles. The molecule has 1 amide bonds. The fourth-order valence-electron chi connectivity index (χ4n) is 6.18. The third kappa shape index (κ3) is 4.73. The van der Waals surface area contributed by atoms with Crippen molar-refractivity contribution in [3.63, 3.8) is 0 Å². The number of hydrogen-bond donors (Lipinski definition) is 0. The predicted molar refractivity (Wildman–Crippen MR) is 157 cm³/mol. The number of hydrogen-bond acceptors (Lipinski definition) is 4. The topological polar surface area (TPSA) is 45.7 Å². The summed E-state index contributed by atoms with van der Waals surface area (Å²) in [6.45, 7) is 14.6. The molecule has 0 N–H and O–H groups in total. The van der Waals surface area contributed by atoms with Crippen LogP contribution in [0.2, 0.25) is 0 Å². The first-order valence-corrected chi connectivity index (χ1v) is 14.0. The number of carbonyl (C=O) groups excluding carboxylic acids is 1. The van der Waals surface area contributed by atoms with Crippen molar-refractivity contribution in [3.8, 4) is 11.3 Å². The summed E-state index contributed by atoms with van der Waals surface area (Å²) in [5, 5.41) is 0. The maximum atomic E-state index is 14.1. The number of anilines is 2. The van der Waals surface area contributed by atoms with Gasteiger partial charge in [0.2, 0.25) is 0 Å². The molecule has 2 aliphatic heterocycles. The van der Waals surface area contributed by atoms with Gasteiger partial charge in [-0.05, 0) is 80.8 Å². The molecule has 0 saturated carbocycles. The lowest BCUT2D eigenvalue weighted by molar-refractivity contribution is 0.0721. The molecule has 2 atom stereocenters. The van der Waals surface area contributed by atoms with Crippen molar-refractivity contribution in [2.75, 3.05) is 30.0 Å². The summed E-state index contributed by atoms with van der Waals surface area (Å²) in [5.74, 6) is 0.461. The number of rotatable bonds is 5. The summed E-state index contributed by atoms with van der Waals surface area (Å²) in [5.41, 5.74) is 10.7. The smallest absolute Gasteiger partial charge is 0.260 e. The molecule has 1 fully saturated rings. The van der Waals surface area contributed by atoms with Crippen molar-refractivity contribution in [1.29, 1.82) is 0 Å². The molecule has 3 heterocycles. The van der Waals surface area contributed by atoms with Gasteiger partial charge in [0, 0.05) is 43.9 Å². The zero-order valence-electron chi connectivity index (χ0n) is 24.0. The van der Waals surface area contributed by atoms with Gasteiger partial charge in [0.15, 0.2) is 0 Å². The molecule has 200 valence electrons. The highest BCUT2D eigenvalue weighted by Gasteiger charge is 2.33. The van der Waals surface area contributed by atoms with E-state index in [4.69, 9.17) is 9.72 Å². The molecule has 38 heavy (non-hydrogen) atoms. The lowest BCUT2D eigenvalue weighted by Gasteiger charge is -2.40. The molecule has 2 aliphatic rings. The van der Waals surface area contributed by atoms with Crippen LogP contribution in [0, 0.1) is 20.8 Å². The number of carbonyl (C=O) groups is 1. The highest BCUT2D eigenvalue weighted by atomic mass is 16.5. The molecule has 0 spiro atoms. The second-order valence-corrected chi connectivity index (χ2v) is 11.4. The summed E-state index contributed by atoms with van der Waals surface area (Å²) < 4.78 is 5.70. The minimum atomic E-state index is 0.0523. The molecule has 3 aromatic rings. The summed E-state index contributed by atoms with van der Waals surface area (Å²) in [6.07, 6.45) is 2.93. The first-order valence-electron chi connectivity index (χ1n) is 14.0. The lowest BCUT2D eigenvalue weighted by Crippen LogP contribution is -2.44. The molecule has 0 radical (unpaired) electrons. The van der Waals surface area contributed by atoms with Crippen LogP contribution in [0.4, 0.5) is 11.4 Å². The summed E-state index contributed by atoms with van der Waals surface area (Å²) in [6, 6.07) is 15.4. The summed E-state index contributed by atoms with van der Waals surface area (Å²) >= 11 is 0. The van der Waals surface area contributed by atoms with Gasteiger partial charge in [-0.2, -0.15) is 0 Å². The van der Waals surface area contributed by atoms with Gasteiger partial charge in [-0.15, -0.1) is 0 Å². The fourth-order valence-corrected chi connectivity index (χ4v) is 6.18. The Morgan fingerprint density at radius 2 is 1.71 bits per heavy atom. The number of amides is 1. The zero-order valence-corrected chi connectivity index (χ0v) is 24.0. The molecular formula is C33H41N3O2. The summed E-state index contributed by atoms with van der Waals surface area (Å²) in [4.78, 5) is 23.8. The van der Waals surface area contributed by atoms with Crippen LogP contribution in [0.5, 0.6) is 0 Å². The number of ether oxygens (including phenoxy) is 1. The van der Waals surface area contributed by atoms with Crippen molar-refractivity contribution >= 4 is 17.3 Å². The van der Waals surface area contributed by atoms with E-state index in [9.17, 15) is 4.79 Å². The number of aryl methyl sites for hydroxylation is 3. The lowest BCUT2D eigenvalue weighted by atomic mass is 9.92. The SMILES string of the molecule is CO[C@@H]1CCN(c2cc3c(nc2-c2c(C)cccc2C)CCN(c2cc(C(C)C)ccc2C)C3=O)[C@H](C)C1. The van der Waals surface area contributed by atoms with Gasteiger partial charge in [0.25, 0.3) is 5.91 Å². The highest BCUT2D eigenvalue weighted by Crippen LogP contribution is 2.40. The third-order valence-electron chi connectivity index (χ3n) is 8.51. The minimum Gasteiger partial charge on any atom is -0.381 e. The number of methoxy groups -OCH3 is 1. The van der Waals surface area contributed by atoms with Gasteiger partial charge < -0.3 is 14.5 Å². The van der Waals surface area contributed by atoms with Crippen molar-refractivity contribution in [1.82, 2.24) is 4.98 Å². The number of aromatic nitrogens is 1. The van der Waals surface area contributed by atoms with Crippen molar-refractivity contribution in [2.24, 2.45) is 0 Å². The molecule has 0 aliphatic carbocycles. The molecule has 0 bridgehead atoms.